The summed E-state index contributed by atoms with van der Waals surface area (Å²) in [6.07, 6.45) is 0. The van der Waals surface area contributed by atoms with Gasteiger partial charge in [-0.3, -0.25) is 4.79 Å². The lowest BCUT2D eigenvalue weighted by Gasteiger charge is -2.30. The predicted molar refractivity (Wildman–Crippen MR) is 126 cm³/mol. The van der Waals surface area contributed by atoms with Crippen LogP contribution in [0.2, 0.25) is 0 Å². The van der Waals surface area contributed by atoms with Crippen LogP contribution in [0.5, 0.6) is 11.5 Å². The molecule has 3 rings (SSSR count). The van der Waals surface area contributed by atoms with Crippen LogP contribution in [0.1, 0.15) is 80.1 Å². The van der Waals surface area contributed by atoms with E-state index in [1.165, 1.54) is 18.2 Å². The third kappa shape index (κ3) is 4.69. The van der Waals surface area contributed by atoms with Crippen molar-refractivity contribution in [3.63, 3.8) is 0 Å². The van der Waals surface area contributed by atoms with Crippen molar-refractivity contribution >= 4 is 5.78 Å². The van der Waals surface area contributed by atoms with Crippen molar-refractivity contribution in [2.24, 2.45) is 0 Å². The monoisotopic (exact) mass is 434 g/mol. The second-order valence-electron chi connectivity index (χ2n) is 10.3. The van der Waals surface area contributed by atoms with Gasteiger partial charge in [-0.1, -0.05) is 77.9 Å². The highest BCUT2D eigenvalue weighted by Gasteiger charge is 2.32. The van der Waals surface area contributed by atoms with Crippen LogP contribution < -0.4 is 0 Å². The Morgan fingerprint density at radius 3 is 1.75 bits per heavy atom. The van der Waals surface area contributed by atoms with Gasteiger partial charge in [0.25, 0.3) is 0 Å². The van der Waals surface area contributed by atoms with Gasteiger partial charge < -0.3 is 10.2 Å². The van der Waals surface area contributed by atoms with E-state index in [-0.39, 0.29) is 39.5 Å². The number of para-hydroxylation sites is 1. The fraction of sp³-hybridized carbons (Fsp3) is 0.321. The minimum absolute atomic E-state index is 0.101. The molecular formula is C28H31FO3. The smallest absolute Gasteiger partial charge is 0.178 e. The van der Waals surface area contributed by atoms with Gasteiger partial charge in [-0.15, -0.1) is 0 Å². The fourth-order valence-corrected chi connectivity index (χ4v) is 3.95. The zero-order valence-corrected chi connectivity index (χ0v) is 19.5. The largest absolute Gasteiger partial charge is 0.507 e. The molecule has 0 saturated carbocycles. The lowest BCUT2D eigenvalue weighted by Crippen LogP contribution is -2.21. The average molecular weight is 435 g/mol. The molecule has 0 fully saturated rings. The number of halogens is 1. The second kappa shape index (κ2) is 8.42. The molecule has 0 amide bonds. The van der Waals surface area contributed by atoms with Crippen LogP contribution in [0, 0.1) is 5.82 Å². The maximum Gasteiger partial charge on any atom is 0.178 e. The van der Waals surface area contributed by atoms with Crippen molar-refractivity contribution in [3.05, 3.63) is 94.3 Å². The predicted octanol–water partition coefficient (Wildman–Crippen LogP) is 6.85. The van der Waals surface area contributed by atoms with Gasteiger partial charge >= 0.3 is 0 Å². The second-order valence-corrected chi connectivity index (χ2v) is 10.3. The first-order valence-electron chi connectivity index (χ1n) is 10.8. The van der Waals surface area contributed by atoms with E-state index in [9.17, 15) is 19.4 Å². The Labute approximate surface area is 189 Å². The van der Waals surface area contributed by atoms with Crippen molar-refractivity contribution in [1.82, 2.24) is 0 Å². The molecule has 168 valence electrons. The molecular weight excluding hydrogens is 403 g/mol. The Kier molecular flexibility index (Phi) is 6.19. The number of hydrogen-bond acceptors (Lipinski definition) is 3. The maximum absolute atomic E-state index is 13.7. The summed E-state index contributed by atoms with van der Waals surface area (Å²) in [6, 6.07) is 16.0. The van der Waals surface area contributed by atoms with Gasteiger partial charge in [0.2, 0.25) is 0 Å². The Balaban J connectivity index is 2.33. The molecule has 1 atom stereocenters. The van der Waals surface area contributed by atoms with Crippen molar-refractivity contribution in [1.29, 1.82) is 0 Å². The number of ketones is 1. The third-order valence-corrected chi connectivity index (χ3v) is 5.72. The summed E-state index contributed by atoms with van der Waals surface area (Å²) in [4.78, 5) is 13.7. The van der Waals surface area contributed by atoms with Gasteiger partial charge in [-0.25, -0.2) is 4.39 Å². The topological polar surface area (TPSA) is 57.5 Å². The lowest BCUT2D eigenvalue weighted by atomic mass is 9.75. The Bertz CT molecular complexity index is 1100. The summed E-state index contributed by atoms with van der Waals surface area (Å²) >= 11 is 0. The third-order valence-electron chi connectivity index (χ3n) is 5.72. The minimum atomic E-state index is -0.772. The normalized spacial score (nSPS) is 13.1. The molecule has 0 aromatic heterocycles. The molecule has 0 aliphatic heterocycles. The number of aromatic hydroxyl groups is 2. The molecule has 0 aliphatic carbocycles. The molecule has 1 unspecified atom stereocenters. The molecule has 0 heterocycles. The van der Waals surface area contributed by atoms with Crippen LogP contribution in [-0.2, 0) is 10.8 Å². The number of phenolic OH excluding ortho intramolecular Hbond substituents is 2. The summed E-state index contributed by atoms with van der Waals surface area (Å²) in [5.74, 6) is -1.33. The standard InChI is InChI=1S/C28H31FO3/c1-27(2,3)21-15-18(16-22(26(21)32)28(4,5)6)24(17-11-13-19(29)14-12-17)25(31)20-9-7-8-10-23(20)30/h7-16,24,30,32H,1-6H3. The zero-order chi connectivity index (χ0) is 23.8. The van der Waals surface area contributed by atoms with Crippen LogP contribution in [-0.4, -0.2) is 16.0 Å². The van der Waals surface area contributed by atoms with Crippen LogP contribution in [0.25, 0.3) is 0 Å². The zero-order valence-electron chi connectivity index (χ0n) is 19.5. The molecule has 4 heteroatoms. The van der Waals surface area contributed by atoms with E-state index in [4.69, 9.17) is 0 Å². The molecule has 2 N–H and O–H groups in total. The van der Waals surface area contributed by atoms with Gasteiger partial charge in [0.1, 0.15) is 17.3 Å². The van der Waals surface area contributed by atoms with Crippen LogP contribution >= 0.6 is 0 Å². The van der Waals surface area contributed by atoms with Crippen LogP contribution in [0.15, 0.2) is 60.7 Å². The average Bonchev–Trinajstić information content (AvgIpc) is 2.69. The number of benzene rings is 3. The van der Waals surface area contributed by atoms with Gasteiger partial charge in [-0.2, -0.15) is 0 Å². The SMILES string of the molecule is CC(C)(C)c1cc(C(C(=O)c2ccccc2O)c2ccc(F)cc2)cc(C(C)(C)C)c1O. The van der Waals surface area contributed by atoms with Gasteiger partial charge in [0.05, 0.1) is 11.5 Å². The Hall–Kier alpha value is -3.14. The van der Waals surface area contributed by atoms with Crippen molar-refractivity contribution in [2.45, 2.75) is 58.3 Å². The summed E-state index contributed by atoms with van der Waals surface area (Å²) in [5.41, 5.74) is 2.23. The molecule has 3 aromatic carbocycles. The number of rotatable bonds is 4. The minimum Gasteiger partial charge on any atom is -0.507 e. The number of phenols is 2. The molecule has 32 heavy (non-hydrogen) atoms. The van der Waals surface area contributed by atoms with Gasteiger partial charge in [-0.05, 0) is 57.3 Å². The number of carbonyl (C=O) groups excluding carboxylic acids is 1. The van der Waals surface area contributed by atoms with Crippen LogP contribution in [0.3, 0.4) is 0 Å². The van der Waals surface area contributed by atoms with Gasteiger partial charge in [0, 0.05) is 0 Å². The number of Topliss-reactive ketones (excluding diaryl/α,β-unsaturated/α-hetero) is 1. The molecule has 3 nitrogen and oxygen atoms in total. The highest BCUT2D eigenvalue weighted by Crippen LogP contribution is 2.43. The number of hydrogen-bond donors (Lipinski definition) is 2. The first kappa shape index (κ1) is 23.5. The highest BCUT2D eigenvalue weighted by molar-refractivity contribution is 6.05. The van der Waals surface area contributed by atoms with E-state index in [1.54, 1.807) is 30.3 Å². The van der Waals surface area contributed by atoms with E-state index in [1.807, 2.05) is 53.7 Å². The Morgan fingerprint density at radius 1 is 0.781 bits per heavy atom. The van der Waals surface area contributed by atoms with Crippen LogP contribution in [0.4, 0.5) is 4.39 Å². The van der Waals surface area contributed by atoms with E-state index >= 15 is 0 Å². The molecule has 0 radical (unpaired) electrons. The van der Waals surface area contributed by atoms with E-state index in [0.717, 1.165) is 11.1 Å². The summed E-state index contributed by atoms with van der Waals surface area (Å²) in [5, 5.41) is 21.5. The quantitative estimate of drug-likeness (QED) is 0.442. The molecule has 0 saturated heterocycles. The summed E-state index contributed by atoms with van der Waals surface area (Å²) < 4.78 is 13.7. The lowest BCUT2D eigenvalue weighted by molar-refractivity contribution is 0.0971. The summed E-state index contributed by atoms with van der Waals surface area (Å²) in [7, 11) is 0. The van der Waals surface area contributed by atoms with Crippen molar-refractivity contribution < 1.29 is 19.4 Å². The van der Waals surface area contributed by atoms with Crippen molar-refractivity contribution in [2.75, 3.05) is 0 Å². The van der Waals surface area contributed by atoms with Crippen molar-refractivity contribution in [3.8, 4) is 11.5 Å². The molecule has 3 aromatic rings. The first-order valence-corrected chi connectivity index (χ1v) is 10.8. The van der Waals surface area contributed by atoms with Gasteiger partial charge in [0.15, 0.2) is 5.78 Å². The van der Waals surface area contributed by atoms with E-state index < -0.39 is 5.92 Å². The van der Waals surface area contributed by atoms with E-state index in [0.29, 0.717) is 11.1 Å². The highest BCUT2D eigenvalue weighted by atomic mass is 19.1. The van der Waals surface area contributed by atoms with E-state index in [2.05, 4.69) is 0 Å². The molecule has 0 aliphatic rings. The number of carbonyl (C=O) groups is 1. The maximum atomic E-state index is 13.7. The Morgan fingerprint density at radius 2 is 1.28 bits per heavy atom. The molecule has 0 spiro atoms. The molecule has 0 bridgehead atoms. The first-order chi connectivity index (χ1) is 14.8. The fourth-order valence-electron chi connectivity index (χ4n) is 3.95. The summed E-state index contributed by atoms with van der Waals surface area (Å²) in [6.45, 7) is 12.1.